The third-order valence-electron chi connectivity index (χ3n) is 2.51. The molecule has 0 aliphatic heterocycles. The standard InChI is InChI=1S/C12H13N3O2.Na/c1-7-4-8(2)14-10(5-7)9-6-13-15(3)11(9)12(16)17;/h4-6H,1-3H3,(H,16,17);/q;+1/p-1. The molecule has 0 radical (unpaired) electrons. The summed E-state index contributed by atoms with van der Waals surface area (Å²) in [6, 6.07) is 3.76. The summed E-state index contributed by atoms with van der Waals surface area (Å²) in [5.74, 6) is -1.25. The van der Waals surface area contributed by atoms with Gasteiger partial charge in [0.05, 0.1) is 23.6 Å². The Morgan fingerprint density at radius 2 is 2.00 bits per heavy atom. The van der Waals surface area contributed by atoms with Crippen LogP contribution < -0.4 is 34.7 Å². The number of rotatable bonds is 2. The molecule has 2 aromatic heterocycles. The smallest absolute Gasteiger partial charge is 0.543 e. The summed E-state index contributed by atoms with van der Waals surface area (Å²) in [5, 5.41) is 15.0. The maximum absolute atomic E-state index is 11.0. The van der Waals surface area contributed by atoms with Crippen LogP contribution in [-0.2, 0) is 7.05 Å². The first-order chi connectivity index (χ1) is 7.99. The fraction of sp³-hybridized carbons (Fsp3) is 0.250. The van der Waals surface area contributed by atoms with Gasteiger partial charge in [0, 0.05) is 18.3 Å². The first-order valence-electron chi connectivity index (χ1n) is 5.18. The molecule has 18 heavy (non-hydrogen) atoms. The van der Waals surface area contributed by atoms with E-state index in [4.69, 9.17) is 0 Å². The van der Waals surface area contributed by atoms with E-state index in [0.29, 0.717) is 11.3 Å². The Kier molecular flexibility index (Phi) is 4.67. The van der Waals surface area contributed by atoms with Gasteiger partial charge in [-0.3, -0.25) is 9.67 Å². The number of aryl methyl sites for hydroxylation is 3. The maximum Gasteiger partial charge on any atom is 1.00 e. The Labute approximate surface area is 127 Å². The number of nitrogens with zero attached hydrogens (tertiary/aromatic N) is 3. The van der Waals surface area contributed by atoms with Crippen LogP contribution in [0.15, 0.2) is 18.3 Å². The second kappa shape index (κ2) is 5.65. The van der Waals surface area contributed by atoms with E-state index in [1.165, 1.54) is 10.9 Å². The molecule has 0 saturated carbocycles. The molecule has 0 atom stereocenters. The Bertz CT molecular complexity index is 573. The van der Waals surface area contributed by atoms with E-state index in [2.05, 4.69) is 10.1 Å². The number of carbonyl (C=O) groups is 1. The van der Waals surface area contributed by atoms with Crippen molar-refractivity contribution in [2.45, 2.75) is 13.8 Å². The van der Waals surface area contributed by atoms with Crippen molar-refractivity contribution in [1.82, 2.24) is 14.8 Å². The number of aromatic nitrogens is 3. The molecular weight excluding hydrogens is 241 g/mol. The van der Waals surface area contributed by atoms with E-state index in [9.17, 15) is 9.90 Å². The second-order valence-electron chi connectivity index (χ2n) is 3.99. The first-order valence-corrected chi connectivity index (χ1v) is 5.18. The van der Waals surface area contributed by atoms with Gasteiger partial charge in [0.1, 0.15) is 0 Å². The molecule has 0 N–H and O–H groups in total. The van der Waals surface area contributed by atoms with Crippen molar-refractivity contribution >= 4 is 5.97 Å². The van der Waals surface area contributed by atoms with E-state index in [0.717, 1.165) is 11.3 Å². The summed E-state index contributed by atoms with van der Waals surface area (Å²) < 4.78 is 1.28. The zero-order valence-electron chi connectivity index (χ0n) is 10.9. The summed E-state index contributed by atoms with van der Waals surface area (Å²) in [7, 11) is 1.57. The van der Waals surface area contributed by atoms with Gasteiger partial charge in [-0.1, -0.05) is 0 Å². The molecule has 0 aliphatic carbocycles. The van der Waals surface area contributed by atoms with Crippen molar-refractivity contribution in [2.75, 3.05) is 0 Å². The molecular formula is C12H12N3NaO2. The molecule has 0 bridgehead atoms. The summed E-state index contributed by atoms with van der Waals surface area (Å²) in [6.45, 7) is 3.80. The van der Waals surface area contributed by atoms with Gasteiger partial charge in [-0.25, -0.2) is 0 Å². The summed E-state index contributed by atoms with van der Waals surface area (Å²) in [6.07, 6.45) is 1.49. The van der Waals surface area contributed by atoms with Crippen LogP contribution in [0.3, 0.4) is 0 Å². The van der Waals surface area contributed by atoms with Crippen molar-refractivity contribution in [3.05, 3.63) is 35.3 Å². The normalized spacial score (nSPS) is 9.94. The number of hydrogen-bond acceptors (Lipinski definition) is 4. The predicted octanol–water partition coefficient (Wildman–Crippen LogP) is -2.53. The average molecular weight is 253 g/mol. The molecule has 0 saturated heterocycles. The fourth-order valence-electron chi connectivity index (χ4n) is 1.85. The van der Waals surface area contributed by atoms with Crippen molar-refractivity contribution in [2.24, 2.45) is 7.05 Å². The van der Waals surface area contributed by atoms with Gasteiger partial charge in [0.25, 0.3) is 0 Å². The first kappa shape index (κ1) is 14.9. The quantitative estimate of drug-likeness (QED) is 0.553. The number of hydrogen-bond donors (Lipinski definition) is 0. The molecule has 2 rings (SSSR count). The number of carboxylic acids is 1. The number of pyridine rings is 1. The van der Waals surface area contributed by atoms with Crippen LogP contribution in [0.1, 0.15) is 21.7 Å². The Morgan fingerprint density at radius 1 is 1.33 bits per heavy atom. The molecule has 0 fully saturated rings. The third kappa shape index (κ3) is 2.80. The van der Waals surface area contributed by atoms with E-state index in [1.807, 2.05) is 26.0 Å². The topological polar surface area (TPSA) is 70.8 Å². The monoisotopic (exact) mass is 253 g/mol. The minimum Gasteiger partial charge on any atom is -0.543 e. The van der Waals surface area contributed by atoms with Gasteiger partial charge in [0.15, 0.2) is 0 Å². The zero-order chi connectivity index (χ0) is 12.6. The number of carboxylic acid groups (broad SMARTS) is 1. The molecule has 6 heteroatoms. The van der Waals surface area contributed by atoms with Gasteiger partial charge in [0.2, 0.25) is 0 Å². The molecule has 2 aromatic rings. The molecule has 0 amide bonds. The predicted molar refractivity (Wildman–Crippen MR) is 60.2 cm³/mol. The number of aromatic carboxylic acids is 1. The molecule has 88 valence electrons. The molecule has 0 unspecified atom stereocenters. The van der Waals surface area contributed by atoms with Gasteiger partial charge < -0.3 is 9.90 Å². The van der Waals surface area contributed by atoms with Crippen LogP contribution >= 0.6 is 0 Å². The van der Waals surface area contributed by atoms with Crippen LogP contribution in [0, 0.1) is 13.8 Å². The van der Waals surface area contributed by atoms with Crippen molar-refractivity contribution in [3.8, 4) is 11.3 Å². The minimum atomic E-state index is -1.25. The van der Waals surface area contributed by atoms with E-state index in [-0.39, 0.29) is 35.3 Å². The molecule has 2 heterocycles. The van der Waals surface area contributed by atoms with Crippen molar-refractivity contribution in [1.29, 1.82) is 0 Å². The summed E-state index contributed by atoms with van der Waals surface area (Å²) >= 11 is 0. The van der Waals surface area contributed by atoms with Gasteiger partial charge in [-0.2, -0.15) is 5.10 Å². The Balaban J connectivity index is 0.00000162. The third-order valence-corrected chi connectivity index (χ3v) is 2.51. The minimum absolute atomic E-state index is 0. The van der Waals surface area contributed by atoms with Crippen LogP contribution in [-0.4, -0.2) is 20.7 Å². The van der Waals surface area contributed by atoms with Crippen LogP contribution in [0.4, 0.5) is 0 Å². The van der Waals surface area contributed by atoms with Gasteiger partial charge >= 0.3 is 29.6 Å². The van der Waals surface area contributed by atoms with Crippen molar-refractivity contribution < 1.29 is 39.5 Å². The molecule has 0 aromatic carbocycles. The zero-order valence-corrected chi connectivity index (χ0v) is 12.9. The summed E-state index contributed by atoms with van der Waals surface area (Å²) in [4.78, 5) is 15.4. The Hall–Kier alpha value is -1.17. The van der Waals surface area contributed by atoms with Crippen LogP contribution in [0.25, 0.3) is 11.3 Å². The average Bonchev–Trinajstić information content (AvgIpc) is 2.58. The SMILES string of the molecule is Cc1cc(C)nc(-c2cnn(C)c2C(=O)[O-])c1.[Na+]. The molecule has 0 aliphatic rings. The molecule has 0 spiro atoms. The van der Waals surface area contributed by atoms with Crippen LogP contribution in [0.5, 0.6) is 0 Å². The van der Waals surface area contributed by atoms with Gasteiger partial charge in [-0.05, 0) is 31.5 Å². The number of carbonyl (C=O) groups excluding carboxylic acids is 1. The van der Waals surface area contributed by atoms with Crippen LogP contribution in [0.2, 0.25) is 0 Å². The second-order valence-corrected chi connectivity index (χ2v) is 3.99. The van der Waals surface area contributed by atoms with E-state index in [1.54, 1.807) is 7.05 Å². The maximum atomic E-state index is 11.0. The van der Waals surface area contributed by atoms with E-state index < -0.39 is 5.97 Å². The van der Waals surface area contributed by atoms with Crippen molar-refractivity contribution in [3.63, 3.8) is 0 Å². The largest absolute Gasteiger partial charge is 1.00 e. The van der Waals surface area contributed by atoms with Gasteiger partial charge in [-0.15, -0.1) is 0 Å². The Morgan fingerprint density at radius 3 is 2.56 bits per heavy atom. The fourth-order valence-corrected chi connectivity index (χ4v) is 1.85. The molecule has 5 nitrogen and oxygen atoms in total. The van der Waals surface area contributed by atoms with E-state index >= 15 is 0 Å². The summed E-state index contributed by atoms with van der Waals surface area (Å²) in [5.41, 5.74) is 3.01.